The lowest BCUT2D eigenvalue weighted by atomic mass is 9.86. The molecule has 3 nitrogen and oxygen atoms in total. The van der Waals surface area contributed by atoms with Crippen LogP contribution in [-0.4, -0.2) is 61.2 Å². The highest BCUT2D eigenvalue weighted by Gasteiger charge is 2.45. The Morgan fingerprint density at radius 1 is 1.06 bits per heavy atom. The molecule has 0 amide bonds. The van der Waals surface area contributed by atoms with Crippen LogP contribution in [0.5, 0.6) is 0 Å². The standard InChI is InChI=1S/C15H29N3/c1-15(2)7-6-13(14(15)16-3)18-10-9-17-8-4-5-12(17)11-18/h12-14,16H,4-11H2,1-3H3. The molecule has 3 unspecified atom stereocenters. The van der Waals surface area contributed by atoms with Crippen molar-refractivity contribution in [2.45, 2.75) is 57.7 Å². The summed E-state index contributed by atoms with van der Waals surface area (Å²) in [6, 6.07) is 2.30. The van der Waals surface area contributed by atoms with Gasteiger partial charge in [-0.25, -0.2) is 0 Å². The summed E-state index contributed by atoms with van der Waals surface area (Å²) in [7, 11) is 2.15. The van der Waals surface area contributed by atoms with Gasteiger partial charge in [0.2, 0.25) is 0 Å². The van der Waals surface area contributed by atoms with Crippen LogP contribution in [0.25, 0.3) is 0 Å². The van der Waals surface area contributed by atoms with Crippen LogP contribution >= 0.6 is 0 Å². The van der Waals surface area contributed by atoms with Crippen molar-refractivity contribution >= 4 is 0 Å². The lowest BCUT2D eigenvalue weighted by Crippen LogP contribution is -2.58. The Labute approximate surface area is 112 Å². The van der Waals surface area contributed by atoms with Crippen molar-refractivity contribution in [3.8, 4) is 0 Å². The van der Waals surface area contributed by atoms with E-state index in [1.54, 1.807) is 0 Å². The summed E-state index contributed by atoms with van der Waals surface area (Å²) in [6.07, 6.45) is 5.60. The monoisotopic (exact) mass is 251 g/mol. The summed E-state index contributed by atoms with van der Waals surface area (Å²) in [4.78, 5) is 5.51. The largest absolute Gasteiger partial charge is 0.315 e. The van der Waals surface area contributed by atoms with Gasteiger partial charge in [-0.05, 0) is 44.7 Å². The van der Waals surface area contributed by atoms with Crippen molar-refractivity contribution in [2.24, 2.45) is 5.41 Å². The Morgan fingerprint density at radius 3 is 2.61 bits per heavy atom. The summed E-state index contributed by atoms with van der Waals surface area (Å²) >= 11 is 0. The van der Waals surface area contributed by atoms with Crippen LogP contribution in [0.3, 0.4) is 0 Å². The van der Waals surface area contributed by atoms with Gasteiger partial charge in [-0.2, -0.15) is 0 Å². The van der Waals surface area contributed by atoms with Gasteiger partial charge in [-0.15, -0.1) is 0 Å². The fourth-order valence-corrected chi connectivity index (χ4v) is 4.66. The molecule has 0 aromatic rings. The zero-order valence-corrected chi connectivity index (χ0v) is 12.3. The fourth-order valence-electron chi connectivity index (χ4n) is 4.66. The van der Waals surface area contributed by atoms with Gasteiger partial charge in [0, 0.05) is 37.8 Å². The predicted molar refractivity (Wildman–Crippen MR) is 75.8 cm³/mol. The Hall–Kier alpha value is -0.120. The summed E-state index contributed by atoms with van der Waals surface area (Å²) in [5.74, 6) is 0. The molecule has 3 rings (SSSR count). The summed E-state index contributed by atoms with van der Waals surface area (Å²) in [6.45, 7) is 10.1. The minimum absolute atomic E-state index is 0.465. The van der Waals surface area contributed by atoms with Gasteiger partial charge in [-0.3, -0.25) is 9.80 Å². The topological polar surface area (TPSA) is 18.5 Å². The third-order valence-electron chi connectivity index (χ3n) is 5.71. The van der Waals surface area contributed by atoms with Gasteiger partial charge in [-0.1, -0.05) is 13.8 Å². The molecular formula is C15H29N3. The SMILES string of the molecule is CNC1C(N2CCN3CCCC3C2)CCC1(C)C. The Kier molecular flexibility index (Phi) is 3.41. The maximum absolute atomic E-state index is 3.61. The van der Waals surface area contributed by atoms with Crippen molar-refractivity contribution in [1.82, 2.24) is 15.1 Å². The molecule has 18 heavy (non-hydrogen) atoms. The van der Waals surface area contributed by atoms with E-state index in [0.717, 1.165) is 12.1 Å². The highest BCUT2D eigenvalue weighted by molar-refractivity contribution is 5.02. The van der Waals surface area contributed by atoms with E-state index in [1.807, 2.05) is 0 Å². The average molecular weight is 251 g/mol. The van der Waals surface area contributed by atoms with Crippen LogP contribution in [0.2, 0.25) is 0 Å². The first kappa shape index (κ1) is 12.9. The predicted octanol–water partition coefficient (Wildman–Crippen LogP) is 1.54. The number of hydrogen-bond acceptors (Lipinski definition) is 3. The van der Waals surface area contributed by atoms with Gasteiger partial charge in [0.05, 0.1) is 0 Å². The van der Waals surface area contributed by atoms with Crippen LogP contribution in [-0.2, 0) is 0 Å². The van der Waals surface area contributed by atoms with E-state index in [2.05, 4.69) is 36.0 Å². The molecule has 0 aromatic heterocycles. The third-order valence-corrected chi connectivity index (χ3v) is 5.71. The van der Waals surface area contributed by atoms with Gasteiger partial charge < -0.3 is 5.32 Å². The van der Waals surface area contributed by atoms with Crippen LogP contribution in [0.15, 0.2) is 0 Å². The molecule has 2 saturated heterocycles. The second-order valence-corrected chi connectivity index (χ2v) is 7.19. The summed E-state index contributed by atoms with van der Waals surface area (Å²) in [5, 5.41) is 3.61. The molecule has 3 aliphatic rings. The highest BCUT2D eigenvalue weighted by Crippen LogP contribution is 2.40. The van der Waals surface area contributed by atoms with Crippen molar-refractivity contribution < 1.29 is 0 Å². The smallest absolute Gasteiger partial charge is 0.0271 e. The number of hydrogen-bond donors (Lipinski definition) is 1. The van der Waals surface area contributed by atoms with Crippen LogP contribution in [0.1, 0.15) is 39.5 Å². The molecule has 1 aliphatic carbocycles. The average Bonchev–Trinajstić information content (AvgIpc) is 2.91. The molecule has 0 spiro atoms. The fraction of sp³-hybridized carbons (Fsp3) is 1.00. The van der Waals surface area contributed by atoms with E-state index >= 15 is 0 Å². The molecule has 1 saturated carbocycles. The summed E-state index contributed by atoms with van der Waals surface area (Å²) < 4.78 is 0. The first-order valence-corrected chi connectivity index (χ1v) is 7.77. The van der Waals surface area contributed by atoms with Crippen LogP contribution < -0.4 is 5.32 Å². The van der Waals surface area contributed by atoms with E-state index < -0.39 is 0 Å². The van der Waals surface area contributed by atoms with Gasteiger partial charge in [0.1, 0.15) is 0 Å². The normalized spacial score (nSPS) is 41.2. The van der Waals surface area contributed by atoms with E-state index in [-0.39, 0.29) is 0 Å². The zero-order chi connectivity index (χ0) is 12.8. The van der Waals surface area contributed by atoms with E-state index in [9.17, 15) is 0 Å². The van der Waals surface area contributed by atoms with Gasteiger partial charge in [0.15, 0.2) is 0 Å². The molecule has 0 bridgehead atoms. The maximum Gasteiger partial charge on any atom is 0.0271 e. The van der Waals surface area contributed by atoms with Crippen LogP contribution in [0, 0.1) is 5.41 Å². The van der Waals surface area contributed by atoms with Gasteiger partial charge >= 0.3 is 0 Å². The molecule has 0 aromatic carbocycles. The van der Waals surface area contributed by atoms with E-state index in [0.29, 0.717) is 11.5 Å². The molecule has 2 heterocycles. The molecule has 3 atom stereocenters. The lowest BCUT2D eigenvalue weighted by Gasteiger charge is -2.43. The Morgan fingerprint density at radius 2 is 1.83 bits per heavy atom. The molecule has 2 aliphatic heterocycles. The van der Waals surface area contributed by atoms with E-state index in [1.165, 1.54) is 51.9 Å². The third kappa shape index (κ3) is 2.10. The first-order valence-electron chi connectivity index (χ1n) is 7.77. The number of likely N-dealkylation sites (N-methyl/N-ethyl adjacent to an activating group) is 1. The Balaban J connectivity index is 1.68. The molecule has 104 valence electrons. The van der Waals surface area contributed by atoms with Crippen molar-refractivity contribution in [3.05, 3.63) is 0 Å². The lowest BCUT2D eigenvalue weighted by molar-refractivity contribution is 0.0571. The zero-order valence-electron chi connectivity index (χ0n) is 12.3. The number of fused-ring (bicyclic) bond motifs is 1. The molecule has 3 fully saturated rings. The number of nitrogens with one attached hydrogen (secondary N) is 1. The second-order valence-electron chi connectivity index (χ2n) is 7.19. The Bertz CT molecular complexity index is 302. The van der Waals surface area contributed by atoms with E-state index in [4.69, 9.17) is 0 Å². The van der Waals surface area contributed by atoms with Crippen molar-refractivity contribution in [1.29, 1.82) is 0 Å². The van der Waals surface area contributed by atoms with Crippen molar-refractivity contribution in [2.75, 3.05) is 33.2 Å². The molecule has 3 heteroatoms. The van der Waals surface area contributed by atoms with Crippen LogP contribution in [0.4, 0.5) is 0 Å². The number of nitrogens with zero attached hydrogens (tertiary/aromatic N) is 2. The van der Waals surface area contributed by atoms with Gasteiger partial charge in [0.25, 0.3) is 0 Å². The molecule has 0 radical (unpaired) electrons. The highest BCUT2D eigenvalue weighted by atomic mass is 15.3. The first-order chi connectivity index (χ1) is 8.62. The summed E-state index contributed by atoms with van der Waals surface area (Å²) in [5.41, 5.74) is 0.465. The van der Waals surface area contributed by atoms with Crippen molar-refractivity contribution in [3.63, 3.8) is 0 Å². The maximum atomic E-state index is 3.61. The number of piperazine rings is 1. The minimum atomic E-state index is 0.465. The molecule has 1 N–H and O–H groups in total. The number of rotatable bonds is 2. The minimum Gasteiger partial charge on any atom is -0.315 e. The second kappa shape index (κ2) is 4.77. The quantitative estimate of drug-likeness (QED) is 0.803. The molecular weight excluding hydrogens is 222 g/mol.